The molecule has 3 rings (SSSR count). The van der Waals surface area contributed by atoms with Crippen molar-refractivity contribution in [1.29, 1.82) is 0 Å². The lowest BCUT2D eigenvalue weighted by atomic mass is 9.92. The Morgan fingerprint density at radius 3 is 2.60 bits per heavy atom. The molecule has 1 aliphatic heterocycles. The number of rotatable bonds is 4. The molecule has 25 heavy (non-hydrogen) atoms. The third-order valence-corrected chi connectivity index (χ3v) is 7.09. The molecule has 0 bridgehead atoms. The molecule has 0 amide bonds. The number of methoxy groups -OCH3 is 1. The van der Waals surface area contributed by atoms with Crippen molar-refractivity contribution in [3.05, 3.63) is 54.6 Å². The number of aryl methyl sites for hydroxylation is 1. The number of nitrogens with zero attached hydrogens (tertiary/aromatic N) is 1. The molecular formula is C19H23NO4S. The van der Waals surface area contributed by atoms with Gasteiger partial charge in [-0.1, -0.05) is 35.9 Å². The zero-order valence-electron chi connectivity index (χ0n) is 14.5. The summed E-state index contributed by atoms with van der Waals surface area (Å²) in [6.07, 6.45) is 6.33. The van der Waals surface area contributed by atoms with Crippen molar-refractivity contribution in [2.45, 2.75) is 24.3 Å². The lowest BCUT2D eigenvalue weighted by Crippen LogP contribution is -2.49. The molecule has 134 valence electrons. The summed E-state index contributed by atoms with van der Waals surface area (Å²) in [7, 11) is -2.36. The van der Waals surface area contributed by atoms with Crippen molar-refractivity contribution in [3.8, 4) is 0 Å². The van der Waals surface area contributed by atoms with Crippen molar-refractivity contribution in [3.63, 3.8) is 0 Å². The van der Waals surface area contributed by atoms with Crippen molar-refractivity contribution < 1.29 is 17.9 Å². The summed E-state index contributed by atoms with van der Waals surface area (Å²) in [4.78, 5) is 12.6. The Hall–Kier alpha value is -1.92. The molecule has 0 aromatic heterocycles. The predicted octanol–water partition coefficient (Wildman–Crippen LogP) is 2.54. The van der Waals surface area contributed by atoms with E-state index < -0.39 is 22.0 Å². The second-order valence-corrected chi connectivity index (χ2v) is 8.55. The van der Waals surface area contributed by atoms with E-state index in [0.29, 0.717) is 6.42 Å². The Bertz CT molecular complexity index is 797. The van der Waals surface area contributed by atoms with Crippen LogP contribution in [0.1, 0.15) is 12.0 Å². The van der Waals surface area contributed by atoms with Gasteiger partial charge in [0.25, 0.3) is 0 Å². The smallest absolute Gasteiger partial charge is 0.310 e. The van der Waals surface area contributed by atoms with Gasteiger partial charge in [-0.2, -0.15) is 4.31 Å². The van der Waals surface area contributed by atoms with Gasteiger partial charge in [0.1, 0.15) is 0 Å². The van der Waals surface area contributed by atoms with Crippen LogP contribution in [-0.4, -0.2) is 38.4 Å². The van der Waals surface area contributed by atoms with Crippen LogP contribution < -0.4 is 0 Å². The van der Waals surface area contributed by atoms with Crippen LogP contribution in [0.4, 0.5) is 0 Å². The van der Waals surface area contributed by atoms with Crippen LogP contribution in [-0.2, 0) is 19.6 Å². The monoisotopic (exact) mass is 361 g/mol. The first-order valence-corrected chi connectivity index (χ1v) is 9.79. The maximum absolute atomic E-state index is 13.2. The zero-order valence-corrected chi connectivity index (χ0v) is 15.3. The number of hydrogen-bond acceptors (Lipinski definition) is 4. The average molecular weight is 361 g/mol. The van der Waals surface area contributed by atoms with Crippen LogP contribution in [0, 0.1) is 24.7 Å². The number of carbonyl (C=O) groups is 1. The minimum absolute atomic E-state index is 0.0129. The van der Waals surface area contributed by atoms with Gasteiger partial charge in [-0.05, 0) is 37.3 Å². The number of ether oxygens (including phenoxy) is 1. The number of esters is 1. The fraction of sp³-hybridized carbons (Fsp3) is 0.421. The molecule has 6 heteroatoms. The second-order valence-electron chi connectivity index (χ2n) is 6.65. The molecule has 1 fully saturated rings. The Kier molecular flexibility index (Phi) is 4.84. The molecular weight excluding hydrogens is 338 g/mol. The standard InChI is InChI=1S/C19H23NO4S/c1-4-14-12-15-6-5-11-20(18(15)17(14)19(21)24-3)25(22,23)16-9-7-13(2)8-10-16/h4-10,14-15,17-18H,1,11-12H2,2-3H3/t14-,15+,17-,18+/m0/s1. The van der Waals surface area contributed by atoms with Crippen LogP contribution in [0.5, 0.6) is 0 Å². The lowest BCUT2D eigenvalue weighted by molar-refractivity contribution is -0.147. The van der Waals surface area contributed by atoms with Crippen LogP contribution in [0.25, 0.3) is 0 Å². The molecule has 1 aromatic carbocycles. The lowest BCUT2D eigenvalue weighted by Gasteiger charge is -2.36. The Balaban J connectivity index is 2.03. The van der Waals surface area contributed by atoms with Crippen LogP contribution >= 0.6 is 0 Å². The number of sulfonamides is 1. The van der Waals surface area contributed by atoms with E-state index in [1.807, 2.05) is 19.1 Å². The van der Waals surface area contributed by atoms with E-state index in [9.17, 15) is 13.2 Å². The van der Waals surface area contributed by atoms with Crippen molar-refractivity contribution in [2.75, 3.05) is 13.7 Å². The van der Waals surface area contributed by atoms with Crippen molar-refractivity contribution >= 4 is 16.0 Å². The molecule has 0 saturated heterocycles. The predicted molar refractivity (Wildman–Crippen MR) is 95.3 cm³/mol. The Labute approximate surface area is 149 Å². The number of benzene rings is 1. The summed E-state index contributed by atoms with van der Waals surface area (Å²) in [6.45, 7) is 5.99. The first-order valence-electron chi connectivity index (χ1n) is 8.35. The van der Waals surface area contributed by atoms with Gasteiger partial charge in [0.05, 0.1) is 17.9 Å². The zero-order chi connectivity index (χ0) is 18.2. The fourth-order valence-corrected chi connectivity index (χ4v) is 5.60. The average Bonchev–Trinajstić information content (AvgIpc) is 2.99. The first-order chi connectivity index (χ1) is 11.9. The van der Waals surface area contributed by atoms with Gasteiger partial charge in [0.2, 0.25) is 10.0 Å². The Morgan fingerprint density at radius 1 is 1.32 bits per heavy atom. The number of allylic oxidation sites excluding steroid dienone is 1. The number of fused-ring (bicyclic) bond motifs is 1. The van der Waals surface area contributed by atoms with Gasteiger partial charge >= 0.3 is 5.97 Å². The number of carbonyl (C=O) groups excluding carboxylic acids is 1. The van der Waals surface area contributed by atoms with Gasteiger partial charge in [0, 0.05) is 12.6 Å². The van der Waals surface area contributed by atoms with E-state index in [1.165, 1.54) is 11.4 Å². The highest BCUT2D eigenvalue weighted by molar-refractivity contribution is 7.89. The molecule has 0 spiro atoms. The Morgan fingerprint density at radius 2 is 2.00 bits per heavy atom. The first kappa shape index (κ1) is 17.9. The van der Waals surface area contributed by atoms with Gasteiger partial charge in [-0.15, -0.1) is 6.58 Å². The van der Waals surface area contributed by atoms with Gasteiger partial charge in [-0.25, -0.2) is 8.42 Å². The summed E-state index contributed by atoms with van der Waals surface area (Å²) in [5.74, 6) is -1.02. The molecule has 0 N–H and O–H groups in total. The largest absolute Gasteiger partial charge is 0.469 e. The minimum atomic E-state index is -3.70. The normalized spacial score (nSPS) is 29.2. The SMILES string of the molecule is C=C[C@H]1C[C@H]2C=CCN(S(=O)(=O)c3ccc(C)cc3)[C@H]2[C@H]1C(=O)OC. The van der Waals surface area contributed by atoms with Crippen molar-refractivity contribution in [2.24, 2.45) is 17.8 Å². The van der Waals surface area contributed by atoms with Gasteiger partial charge < -0.3 is 4.74 Å². The van der Waals surface area contributed by atoms with Gasteiger partial charge in [-0.3, -0.25) is 4.79 Å². The molecule has 1 saturated carbocycles. The molecule has 4 atom stereocenters. The highest BCUT2D eigenvalue weighted by Crippen LogP contribution is 2.45. The molecule has 0 radical (unpaired) electrons. The minimum Gasteiger partial charge on any atom is -0.469 e. The molecule has 1 heterocycles. The molecule has 5 nitrogen and oxygen atoms in total. The summed E-state index contributed by atoms with van der Waals surface area (Å²) >= 11 is 0. The molecule has 1 aromatic rings. The quantitative estimate of drug-likeness (QED) is 0.611. The van der Waals surface area contributed by atoms with Gasteiger partial charge in [0.15, 0.2) is 0 Å². The number of hydrogen-bond donors (Lipinski definition) is 0. The van der Waals surface area contributed by atoms with Crippen LogP contribution in [0.15, 0.2) is 54.0 Å². The summed E-state index contributed by atoms with van der Waals surface area (Å²) in [5, 5.41) is 0. The van der Waals surface area contributed by atoms with E-state index in [-0.39, 0.29) is 29.2 Å². The second kappa shape index (κ2) is 6.77. The van der Waals surface area contributed by atoms with Crippen LogP contribution in [0.3, 0.4) is 0 Å². The van der Waals surface area contributed by atoms with Crippen molar-refractivity contribution in [1.82, 2.24) is 4.31 Å². The molecule has 1 aliphatic carbocycles. The maximum atomic E-state index is 13.2. The summed E-state index contributed by atoms with van der Waals surface area (Å²) < 4.78 is 32.8. The molecule has 0 unspecified atom stereocenters. The fourth-order valence-electron chi connectivity index (χ4n) is 3.96. The van der Waals surface area contributed by atoms with E-state index in [1.54, 1.807) is 30.3 Å². The third kappa shape index (κ3) is 3.04. The highest BCUT2D eigenvalue weighted by Gasteiger charge is 2.52. The summed E-state index contributed by atoms with van der Waals surface area (Å²) in [5.41, 5.74) is 0.996. The third-order valence-electron chi connectivity index (χ3n) is 5.22. The van der Waals surface area contributed by atoms with E-state index in [4.69, 9.17) is 4.74 Å². The van der Waals surface area contributed by atoms with E-state index in [0.717, 1.165) is 5.56 Å². The molecule has 2 aliphatic rings. The van der Waals surface area contributed by atoms with E-state index >= 15 is 0 Å². The highest BCUT2D eigenvalue weighted by atomic mass is 32.2. The van der Waals surface area contributed by atoms with Crippen LogP contribution in [0.2, 0.25) is 0 Å². The summed E-state index contributed by atoms with van der Waals surface area (Å²) in [6, 6.07) is 6.36. The topological polar surface area (TPSA) is 63.7 Å². The van der Waals surface area contributed by atoms with E-state index in [2.05, 4.69) is 6.58 Å². The maximum Gasteiger partial charge on any atom is 0.310 e.